The van der Waals surface area contributed by atoms with Crippen LogP contribution in [0.1, 0.15) is 25.8 Å². The van der Waals surface area contributed by atoms with Crippen molar-refractivity contribution < 1.29 is 14.6 Å². The van der Waals surface area contributed by atoms with Crippen LogP contribution in [-0.2, 0) is 11.4 Å². The van der Waals surface area contributed by atoms with Gasteiger partial charge in [0.25, 0.3) is 5.91 Å². The molecule has 2 N–H and O–H groups in total. The van der Waals surface area contributed by atoms with Crippen LogP contribution < -0.4 is 10.1 Å². The summed E-state index contributed by atoms with van der Waals surface area (Å²) in [5.41, 5.74) is 0.496. The molecule has 100 valence electrons. The molecule has 1 aromatic rings. The molecule has 0 fully saturated rings. The molecule has 0 heterocycles. The first-order valence-corrected chi connectivity index (χ1v) is 6.26. The first-order valence-electron chi connectivity index (χ1n) is 5.88. The predicted molar refractivity (Wildman–Crippen MR) is 70.8 cm³/mol. The van der Waals surface area contributed by atoms with E-state index in [0.717, 1.165) is 6.42 Å². The molecule has 4 nitrogen and oxygen atoms in total. The number of carbonyl (C=O) groups excluding carboxylic acids is 1. The van der Waals surface area contributed by atoms with E-state index >= 15 is 0 Å². The third kappa shape index (κ3) is 4.20. The lowest BCUT2D eigenvalue weighted by molar-refractivity contribution is -0.123. The Balaban J connectivity index is 2.58. The molecule has 0 bridgehead atoms. The Morgan fingerprint density at radius 3 is 2.89 bits per heavy atom. The highest BCUT2D eigenvalue weighted by Crippen LogP contribution is 2.26. The SMILES string of the molecule is CCC(C)NC(=O)COc1cccc(Cl)c1CO. The third-order valence-corrected chi connectivity index (χ3v) is 2.97. The maximum absolute atomic E-state index is 11.5. The molecular formula is C13H18ClNO3. The van der Waals surface area contributed by atoms with Gasteiger partial charge < -0.3 is 15.2 Å². The molecule has 0 saturated carbocycles. The van der Waals surface area contributed by atoms with E-state index in [1.165, 1.54) is 0 Å². The van der Waals surface area contributed by atoms with Crippen LogP contribution in [0.5, 0.6) is 5.75 Å². The second-order valence-electron chi connectivity index (χ2n) is 4.04. The van der Waals surface area contributed by atoms with E-state index < -0.39 is 0 Å². The number of nitrogens with one attached hydrogen (secondary N) is 1. The van der Waals surface area contributed by atoms with Crippen molar-refractivity contribution in [3.05, 3.63) is 28.8 Å². The minimum atomic E-state index is -0.220. The second-order valence-corrected chi connectivity index (χ2v) is 4.45. The van der Waals surface area contributed by atoms with Gasteiger partial charge in [-0.15, -0.1) is 0 Å². The van der Waals surface area contributed by atoms with Gasteiger partial charge in [0.2, 0.25) is 0 Å². The van der Waals surface area contributed by atoms with Crippen molar-refractivity contribution in [2.45, 2.75) is 32.9 Å². The zero-order chi connectivity index (χ0) is 13.5. The van der Waals surface area contributed by atoms with Crippen molar-refractivity contribution in [1.29, 1.82) is 0 Å². The van der Waals surface area contributed by atoms with Crippen molar-refractivity contribution in [1.82, 2.24) is 5.32 Å². The summed E-state index contributed by atoms with van der Waals surface area (Å²) in [5, 5.41) is 12.4. The number of amides is 1. The maximum atomic E-state index is 11.5. The first kappa shape index (κ1) is 14.8. The molecular weight excluding hydrogens is 254 g/mol. The molecule has 1 rings (SSSR count). The molecule has 0 aliphatic rings. The second kappa shape index (κ2) is 7.24. The van der Waals surface area contributed by atoms with Gasteiger partial charge in [-0.05, 0) is 25.5 Å². The van der Waals surface area contributed by atoms with E-state index in [1.54, 1.807) is 18.2 Å². The van der Waals surface area contributed by atoms with Crippen molar-refractivity contribution in [2.75, 3.05) is 6.61 Å². The van der Waals surface area contributed by atoms with Gasteiger partial charge in [0.15, 0.2) is 6.61 Å². The molecule has 1 atom stereocenters. The predicted octanol–water partition coefficient (Wildman–Crippen LogP) is 2.13. The van der Waals surface area contributed by atoms with E-state index in [2.05, 4.69) is 5.32 Å². The fourth-order valence-corrected chi connectivity index (χ4v) is 1.62. The number of hydrogen-bond donors (Lipinski definition) is 2. The Morgan fingerprint density at radius 2 is 2.28 bits per heavy atom. The van der Waals surface area contributed by atoms with Crippen LogP contribution in [0.4, 0.5) is 0 Å². The number of benzene rings is 1. The number of aliphatic hydroxyl groups excluding tert-OH is 1. The van der Waals surface area contributed by atoms with Crippen molar-refractivity contribution in [3.63, 3.8) is 0 Å². The Kier molecular flexibility index (Phi) is 5.95. The highest BCUT2D eigenvalue weighted by atomic mass is 35.5. The average molecular weight is 272 g/mol. The van der Waals surface area contributed by atoms with Crippen molar-refractivity contribution in [2.24, 2.45) is 0 Å². The summed E-state index contributed by atoms with van der Waals surface area (Å²) >= 11 is 5.91. The standard InChI is InChI=1S/C13H18ClNO3/c1-3-9(2)15-13(17)8-18-12-6-4-5-11(14)10(12)7-16/h4-6,9,16H,3,7-8H2,1-2H3,(H,15,17). The normalized spacial score (nSPS) is 12.0. The van der Waals surface area contributed by atoms with Crippen LogP contribution in [0.15, 0.2) is 18.2 Å². The molecule has 1 aromatic carbocycles. The fourth-order valence-electron chi connectivity index (χ4n) is 1.39. The van der Waals surface area contributed by atoms with Gasteiger partial charge >= 0.3 is 0 Å². The lowest BCUT2D eigenvalue weighted by Crippen LogP contribution is -2.35. The van der Waals surface area contributed by atoms with Crippen LogP contribution in [-0.4, -0.2) is 23.7 Å². The summed E-state index contributed by atoms with van der Waals surface area (Å²) in [5.74, 6) is 0.248. The summed E-state index contributed by atoms with van der Waals surface area (Å²) in [6, 6.07) is 5.18. The third-order valence-electron chi connectivity index (χ3n) is 2.61. The van der Waals surface area contributed by atoms with Gasteiger partial charge in [-0.1, -0.05) is 24.6 Å². The van der Waals surface area contributed by atoms with E-state index in [4.69, 9.17) is 16.3 Å². The van der Waals surface area contributed by atoms with E-state index in [1.807, 2.05) is 13.8 Å². The number of carbonyl (C=O) groups is 1. The molecule has 1 amide bonds. The molecule has 0 aliphatic carbocycles. The zero-order valence-corrected chi connectivity index (χ0v) is 11.3. The molecule has 0 radical (unpaired) electrons. The summed E-state index contributed by atoms with van der Waals surface area (Å²) in [6.45, 7) is 3.61. The highest BCUT2D eigenvalue weighted by molar-refractivity contribution is 6.31. The van der Waals surface area contributed by atoms with Gasteiger partial charge in [-0.3, -0.25) is 4.79 Å². The van der Waals surface area contributed by atoms with Gasteiger partial charge in [-0.25, -0.2) is 0 Å². The topological polar surface area (TPSA) is 58.6 Å². The van der Waals surface area contributed by atoms with Gasteiger partial charge in [0.05, 0.1) is 6.61 Å². The lowest BCUT2D eigenvalue weighted by Gasteiger charge is -2.14. The average Bonchev–Trinajstić information content (AvgIpc) is 2.36. The smallest absolute Gasteiger partial charge is 0.258 e. The fraction of sp³-hybridized carbons (Fsp3) is 0.462. The molecule has 0 aliphatic heterocycles. The Hall–Kier alpha value is -1.26. The number of rotatable bonds is 6. The minimum absolute atomic E-state index is 0.0856. The molecule has 0 aromatic heterocycles. The quantitative estimate of drug-likeness (QED) is 0.833. The molecule has 5 heteroatoms. The zero-order valence-electron chi connectivity index (χ0n) is 10.6. The molecule has 1 unspecified atom stereocenters. The van der Waals surface area contributed by atoms with Gasteiger partial charge in [-0.2, -0.15) is 0 Å². The summed E-state index contributed by atoms with van der Waals surface area (Å²) in [7, 11) is 0. The van der Waals surface area contributed by atoms with E-state index in [0.29, 0.717) is 16.3 Å². The number of ether oxygens (including phenoxy) is 1. The Bertz CT molecular complexity index is 409. The van der Waals surface area contributed by atoms with Crippen LogP contribution in [0.3, 0.4) is 0 Å². The molecule has 18 heavy (non-hydrogen) atoms. The number of hydrogen-bond acceptors (Lipinski definition) is 3. The first-order chi connectivity index (χ1) is 8.58. The van der Waals surface area contributed by atoms with E-state index in [9.17, 15) is 9.90 Å². The van der Waals surface area contributed by atoms with Crippen LogP contribution in [0.2, 0.25) is 5.02 Å². The minimum Gasteiger partial charge on any atom is -0.483 e. The van der Waals surface area contributed by atoms with Crippen LogP contribution >= 0.6 is 11.6 Å². The monoisotopic (exact) mass is 271 g/mol. The molecule has 0 spiro atoms. The highest BCUT2D eigenvalue weighted by Gasteiger charge is 2.10. The van der Waals surface area contributed by atoms with Gasteiger partial charge in [0.1, 0.15) is 5.75 Å². The van der Waals surface area contributed by atoms with Crippen molar-refractivity contribution in [3.8, 4) is 5.75 Å². The Morgan fingerprint density at radius 1 is 1.56 bits per heavy atom. The lowest BCUT2D eigenvalue weighted by atomic mass is 10.2. The van der Waals surface area contributed by atoms with Crippen molar-refractivity contribution >= 4 is 17.5 Å². The largest absolute Gasteiger partial charge is 0.483 e. The van der Waals surface area contributed by atoms with E-state index in [-0.39, 0.29) is 25.2 Å². The van der Waals surface area contributed by atoms with Crippen LogP contribution in [0.25, 0.3) is 0 Å². The maximum Gasteiger partial charge on any atom is 0.258 e. The summed E-state index contributed by atoms with van der Waals surface area (Å²) < 4.78 is 5.36. The van der Waals surface area contributed by atoms with Crippen LogP contribution in [0, 0.1) is 0 Å². The summed E-state index contributed by atoms with van der Waals surface area (Å²) in [4.78, 5) is 11.5. The Labute approximate surface area is 112 Å². The molecule has 0 saturated heterocycles. The summed E-state index contributed by atoms with van der Waals surface area (Å²) in [6.07, 6.45) is 0.866. The number of aliphatic hydroxyl groups is 1. The van der Waals surface area contributed by atoms with Gasteiger partial charge in [0, 0.05) is 16.6 Å². The number of halogens is 1.